The monoisotopic (exact) mass is 260 g/mol. The number of hydrogen-bond acceptors (Lipinski definition) is 6. The lowest BCUT2D eigenvalue weighted by molar-refractivity contribution is 0.813. The normalized spacial score (nSPS) is 11.2. The molecule has 0 aromatic carbocycles. The van der Waals surface area contributed by atoms with Crippen LogP contribution in [0, 0.1) is 0 Å². The Kier molecular flexibility index (Phi) is 3.28. The predicted octanol–water partition coefficient (Wildman–Crippen LogP) is 2.92. The molecule has 0 amide bonds. The molecule has 15 heavy (non-hydrogen) atoms. The topological polar surface area (TPSA) is 51.6 Å². The molecule has 2 heterocycles. The smallest absolute Gasteiger partial charge is 0.142 e. The summed E-state index contributed by atoms with van der Waals surface area (Å²) in [5, 5.41) is 13.9. The molecular formula is C8H9ClN4S2. The molecule has 0 saturated heterocycles. The highest BCUT2D eigenvalue weighted by Crippen LogP contribution is 2.32. The standard InChI is InChI=1S/C8H9ClN4S2/c1-4(2)6-7(15-13-11-6)8-12-10-5(3-9)14-8/h4H,3H2,1-2H3. The summed E-state index contributed by atoms with van der Waals surface area (Å²) in [6.07, 6.45) is 0. The van der Waals surface area contributed by atoms with E-state index >= 15 is 0 Å². The summed E-state index contributed by atoms with van der Waals surface area (Å²) in [5.41, 5.74) is 0.984. The zero-order valence-corrected chi connectivity index (χ0v) is 10.7. The lowest BCUT2D eigenvalue weighted by Crippen LogP contribution is -1.90. The summed E-state index contributed by atoms with van der Waals surface area (Å²) in [6, 6.07) is 0. The molecule has 80 valence electrons. The second kappa shape index (κ2) is 4.51. The van der Waals surface area contributed by atoms with E-state index in [4.69, 9.17) is 11.6 Å². The van der Waals surface area contributed by atoms with Gasteiger partial charge >= 0.3 is 0 Å². The van der Waals surface area contributed by atoms with E-state index in [2.05, 4.69) is 33.6 Å². The minimum Gasteiger partial charge on any atom is -0.142 e. The van der Waals surface area contributed by atoms with E-state index in [9.17, 15) is 0 Å². The molecule has 7 heteroatoms. The van der Waals surface area contributed by atoms with Crippen LogP contribution in [0.4, 0.5) is 0 Å². The highest BCUT2D eigenvalue weighted by atomic mass is 35.5. The fourth-order valence-corrected chi connectivity index (χ4v) is 2.91. The van der Waals surface area contributed by atoms with Crippen molar-refractivity contribution in [3.63, 3.8) is 0 Å². The number of aromatic nitrogens is 4. The van der Waals surface area contributed by atoms with Gasteiger partial charge in [-0.3, -0.25) is 0 Å². The second-order valence-corrected chi connectivity index (χ2v) is 5.36. The van der Waals surface area contributed by atoms with Crippen molar-refractivity contribution in [2.24, 2.45) is 0 Å². The highest BCUT2D eigenvalue weighted by molar-refractivity contribution is 7.19. The molecule has 0 aliphatic carbocycles. The van der Waals surface area contributed by atoms with E-state index in [1.807, 2.05) is 0 Å². The van der Waals surface area contributed by atoms with Gasteiger partial charge in [0.2, 0.25) is 0 Å². The van der Waals surface area contributed by atoms with Crippen molar-refractivity contribution >= 4 is 34.5 Å². The van der Waals surface area contributed by atoms with Crippen LogP contribution in [0.5, 0.6) is 0 Å². The molecule has 0 aliphatic heterocycles. The van der Waals surface area contributed by atoms with Gasteiger partial charge in [0.15, 0.2) is 5.01 Å². The third-order valence-corrected chi connectivity index (χ3v) is 4.07. The maximum Gasteiger partial charge on any atom is 0.161 e. The van der Waals surface area contributed by atoms with Crippen LogP contribution < -0.4 is 0 Å². The molecule has 0 aliphatic rings. The Morgan fingerprint density at radius 3 is 2.67 bits per heavy atom. The lowest BCUT2D eigenvalue weighted by Gasteiger charge is -1.99. The van der Waals surface area contributed by atoms with Gasteiger partial charge in [0.05, 0.1) is 11.6 Å². The van der Waals surface area contributed by atoms with Crippen molar-refractivity contribution in [3.8, 4) is 9.88 Å². The van der Waals surface area contributed by atoms with Gasteiger partial charge in [-0.05, 0) is 17.5 Å². The molecule has 0 fully saturated rings. The Hall–Kier alpha value is -0.590. The summed E-state index contributed by atoms with van der Waals surface area (Å²) >= 11 is 8.54. The molecule has 2 aromatic rings. The fourth-order valence-electron chi connectivity index (χ4n) is 1.12. The summed E-state index contributed by atoms with van der Waals surface area (Å²) in [6.45, 7) is 4.17. The molecule has 0 unspecified atom stereocenters. The third-order valence-electron chi connectivity index (χ3n) is 1.84. The number of hydrogen-bond donors (Lipinski definition) is 0. The summed E-state index contributed by atoms with van der Waals surface area (Å²) < 4.78 is 3.95. The molecule has 2 aromatic heterocycles. The zero-order valence-electron chi connectivity index (χ0n) is 8.27. The van der Waals surface area contributed by atoms with E-state index in [0.717, 1.165) is 20.6 Å². The minimum atomic E-state index is 0.349. The maximum atomic E-state index is 5.68. The van der Waals surface area contributed by atoms with Crippen LogP contribution in [0.25, 0.3) is 9.88 Å². The summed E-state index contributed by atoms with van der Waals surface area (Å²) in [5.74, 6) is 0.753. The molecule has 0 saturated carbocycles. The van der Waals surface area contributed by atoms with Gasteiger partial charge in [0, 0.05) is 0 Å². The molecule has 0 radical (unpaired) electrons. The van der Waals surface area contributed by atoms with E-state index in [-0.39, 0.29) is 0 Å². The van der Waals surface area contributed by atoms with Crippen molar-refractivity contribution in [2.75, 3.05) is 0 Å². The predicted molar refractivity (Wildman–Crippen MR) is 62.5 cm³/mol. The Morgan fingerprint density at radius 2 is 2.07 bits per heavy atom. The Bertz CT molecular complexity index is 451. The van der Waals surface area contributed by atoms with Crippen molar-refractivity contribution in [1.29, 1.82) is 0 Å². The molecule has 0 spiro atoms. The Morgan fingerprint density at radius 1 is 1.27 bits per heavy atom. The Labute approximate surface area is 100 Å². The van der Waals surface area contributed by atoms with Gasteiger partial charge in [-0.15, -0.1) is 26.9 Å². The van der Waals surface area contributed by atoms with Crippen molar-refractivity contribution in [1.82, 2.24) is 19.8 Å². The first-order chi connectivity index (χ1) is 7.22. The molecule has 0 N–H and O–H groups in total. The summed E-state index contributed by atoms with van der Waals surface area (Å²) in [7, 11) is 0. The first kappa shape index (κ1) is 10.9. The number of rotatable bonds is 3. The minimum absolute atomic E-state index is 0.349. The molecule has 2 rings (SSSR count). The summed E-state index contributed by atoms with van der Waals surface area (Å²) in [4.78, 5) is 1.01. The largest absolute Gasteiger partial charge is 0.161 e. The van der Waals surface area contributed by atoms with Crippen LogP contribution in [0.15, 0.2) is 0 Å². The van der Waals surface area contributed by atoms with Gasteiger partial charge in [0.1, 0.15) is 9.88 Å². The number of nitrogens with zero attached hydrogens (tertiary/aromatic N) is 4. The van der Waals surface area contributed by atoms with Crippen molar-refractivity contribution in [3.05, 3.63) is 10.7 Å². The third kappa shape index (κ3) is 2.16. The van der Waals surface area contributed by atoms with E-state index in [1.54, 1.807) is 0 Å². The quantitative estimate of drug-likeness (QED) is 0.797. The van der Waals surface area contributed by atoms with Crippen molar-refractivity contribution in [2.45, 2.75) is 25.6 Å². The van der Waals surface area contributed by atoms with Gasteiger partial charge in [-0.25, -0.2) is 0 Å². The van der Waals surface area contributed by atoms with Crippen LogP contribution >= 0.6 is 34.5 Å². The van der Waals surface area contributed by atoms with E-state index in [0.29, 0.717) is 11.8 Å². The average Bonchev–Trinajstić information content (AvgIpc) is 2.85. The van der Waals surface area contributed by atoms with E-state index < -0.39 is 0 Å². The fraction of sp³-hybridized carbons (Fsp3) is 0.500. The molecule has 0 atom stereocenters. The number of halogens is 1. The van der Waals surface area contributed by atoms with Crippen LogP contribution in [0.1, 0.15) is 30.5 Å². The van der Waals surface area contributed by atoms with Crippen LogP contribution in [-0.2, 0) is 5.88 Å². The Balaban J connectivity index is 2.40. The second-order valence-electron chi connectivity index (χ2n) is 3.28. The average molecular weight is 261 g/mol. The van der Waals surface area contributed by atoms with Crippen LogP contribution in [0.2, 0.25) is 0 Å². The zero-order chi connectivity index (χ0) is 10.8. The first-order valence-electron chi connectivity index (χ1n) is 4.43. The van der Waals surface area contributed by atoms with E-state index in [1.165, 1.54) is 22.9 Å². The first-order valence-corrected chi connectivity index (χ1v) is 6.55. The van der Waals surface area contributed by atoms with Gasteiger partial charge < -0.3 is 0 Å². The van der Waals surface area contributed by atoms with Gasteiger partial charge in [-0.2, -0.15) is 0 Å². The van der Waals surface area contributed by atoms with Gasteiger partial charge in [0.25, 0.3) is 0 Å². The highest BCUT2D eigenvalue weighted by Gasteiger charge is 2.17. The maximum absolute atomic E-state index is 5.68. The SMILES string of the molecule is CC(C)c1nnsc1-c1nnc(CCl)s1. The number of alkyl halides is 1. The van der Waals surface area contributed by atoms with Gasteiger partial charge in [-0.1, -0.05) is 29.7 Å². The van der Waals surface area contributed by atoms with Crippen molar-refractivity contribution < 1.29 is 0 Å². The molecule has 4 nitrogen and oxygen atoms in total. The molecular weight excluding hydrogens is 252 g/mol. The van der Waals surface area contributed by atoms with Crippen LogP contribution in [0.3, 0.4) is 0 Å². The molecule has 0 bridgehead atoms. The van der Waals surface area contributed by atoms with Crippen LogP contribution in [-0.4, -0.2) is 19.8 Å². The lowest BCUT2D eigenvalue weighted by atomic mass is 10.1.